The van der Waals surface area contributed by atoms with Crippen LogP contribution in [0.3, 0.4) is 0 Å². The standard InChI is InChI=1S/C29H42O8/c1-15(2)22-9-19-11-27(13-30)21-8-7-16(3)20(21)12-28(19,29(22,27)26(32)33)14-35-24-10-23(37-18(5)31)25(34-6)17(4)36-24/h9,13,15-17,19-21,23-25H,7-8,10-12,14H2,1-6H3,(H,32,33)/t16?,17-,19?,20?,21?,23+,24-,25-,27?,28?,29?/m1/s1. The lowest BCUT2D eigenvalue weighted by atomic mass is 9.43. The molecule has 0 spiro atoms. The molecule has 0 aromatic rings. The predicted molar refractivity (Wildman–Crippen MR) is 133 cm³/mol. The molecule has 4 aliphatic carbocycles. The van der Waals surface area contributed by atoms with E-state index in [2.05, 4.69) is 13.0 Å². The molecule has 0 amide bonds. The summed E-state index contributed by atoms with van der Waals surface area (Å²) < 4.78 is 23.7. The highest BCUT2D eigenvalue weighted by Crippen LogP contribution is 2.82. The lowest BCUT2D eigenvalue weighted by Crippen LogP contribution is -2.64. The molecule has 0 aromatic heterocycles. The van der Waals surface area contributed by atoms with Crippen LogP contribution in [0.2, 0.25) is 0 Å². The number of hydrogen-bond acceptors (Lipinski definition) is 7. The molecular weight excluding hydrogens is 476 g/mol. The normalized spacial score (nSPS) is 48.0. The van der Waals surface area contributed by atoms with Crippen LogP contribution >= 0.6 is 0 Å². The summed E-state index contributed by atoms with van der Waals surface area (Å²) in [6.07, 6.45) is 4.75. The molecule has 0 radical (unpaired) electrons. The molecule has 1 saturated heterocycles. The van der Waals surface area contributed by atoms with Gasteiger partial charge in [0.2, 0.25) is 0 Å². The number of carboxylic acid groups (broad SMARTS) is 1. The van der Waals surface area contributed by atoms with Crippen molar-refractivity contribution in [3.05, 3.63) is 11.6 Å². The van der Waals surface area contributed by atoms with Crippen LogP contribution in [-0.2, 0) is 33.3 Å². The molecular formula is C29H42O8. The lowest BCUT2D eigenvalue weighted by molar-refractivity contribution is -0.269. The van der Waals surface area contributed by atoms with Gasteiger partial charge < -0.3 is 28.8 Å². The van der Waals surface area contributed by atoms with Gasteiger partial charge in [-0.15, -0.1) is 0 Å². The quantitative estimate of drug-likeness (QED) is 0.292. The number of esters is 1. The fraction of sp³-hybridized carbons (Fsp3) is 0.828. The Kier molecular flexibility index (Phi) is 6.64. The van der Waals surface area contributed by atoms with E-state index in [1.54, 1.807) is 7.11 Å². The highest BCUT2D eigenvalue weighted by molar-refractivity contribution is 5.90. The van der Waals surface area contributed by atoms with Gasteiger partial charge in [0.05, 0.1) is 18.1 Å². The molecule has 3 saturated carbocycles. The van der Waals surface area contributed by atoms with Crippen LogP contribution in [-0.4, -0.2) is 61.6 Å². The molecule has 206 valence electrons. The number of aliphatic carboxylic acids is 1. The summed E-state index contributed by atoms with van der Waals surface area (Å²) in [5.74, 6) is -0.499. The number of rotatable bonds is 8. The highest BCUT2D eigenvalue weighted by atomic mass is 16.7. The SMILES string of the molecule is CO[C@H]1[C@@H](OC(C)=O)C[C@H](OCC23CC4C(C)CCC4C4(C=O)CC2C=C(C(C)C)C43C(=O)O)O[C@@H]1C. The van der Waals surface area contributed by atoms with Crippen molar-refractivity contribution in [2.24, 2.45) is 45.8 Å². The van der Waals surface area contributed by atoms with Gasteiger partial charge in [-0.3, -0.25) is 9.59 Å². The zero-order valence-electron chi connectivity index (χ0n) is 22.9. The van der Waals surface area contributed by atoms with Crippen LogP contribution in [0.15, 0.2) is 11.6 Å². The molecule has 1 N–H and O–H groups in total. The number of carbonyl (C=O) groups excluding carboxylic acids is 2. The Morgan fingerprint density at radius 2 is 1.97 bits per heavy atom. The summed E-state index contributed by atoms with van der Waals surface area (Å²) in [5.41, 5.74) is -2.03. The van der Waals surface area contributed by atoms with Crippen molar-refractivity contribution in [1.29, 1.82) is 0 Å². The molecule has 11 atom stereocenters. The van der Waals surface area contributed by atoms with Gasteiger partial charge in [-0.25, -0.2) is 0 Å². The minimum atomic E-state index is -1.28. The Bertz CT molecular complexity index is 990. The van der Waals surface area contributed by atoms with E-state index in [1.807, 2.05) is 20.8 Å². The van der Waals surface area contributed by atoms with Crippen LogP contribution in [0.5, 0.6) is 0 Å². The Morgan fingerprint density at radius 3 is 2.57 bits per heavy atom. The number of allylic oxidation sites excluding steroid dienone is 1. The first kappa shape index (κ1) is 26.8. The molecule has 1 aliphatic heterocycles. The largest absolute Gasteiger partial charge is 0.481 e. The van der Waals surface area contributed by atoms with Gasteiger partial charge in [-0.05, 0) is 55.8 Å². The van der Waals surface area contributed by atoms with Crippen molar-refractivity contribution in [3.63, 3.8) is 0 Å². The molecule has 4 bridgehead atoms. The maximum atomic E-state index is 13.5. The molecule has 4 fully saturated rings. The number of carbonyl (C=O) groups is 3. The average Bonchev–Trinajstić information content (AvgIpc) is 3.39. The van der Waals surface area contributed by atoms with Crippen LogP contribution in [0, 0.1) is 45.8 Å². The molecule has 5 aliphatic rings. The van der Waals surface area contributed by atoms with Crippen LogP contribution in [0.4, 0.5) is 0 Å². The number of ether oxygens (including phenoxy) is 4. The van der Waals surface area contributed by atoms with Gasteiger partial charge in [0, 0.05) is 25.9 Å². The van der Waals surface area contributed by atoms with E-state index >= 15 is 0 Å². The first-order valence-corrected chi connectivity index (χ1v) is 13.9. The molecule has 5 rings (SSSR count). The zero-order chi connectivity index (χ0) is 26.9. The Labute approximate surface area is 219 Å². The van der Waals surface area contributed by atoms with Gasteiger partial charge in [0.1, 0.15) is 23.9 Å². The summed E-state index contributed by atoms with van der Waals surface area (Å²) in [6, 6.07) is 0. The monoisotopic (exact) mass is 518 g/mol. The smallest absolute Gasteiger partial charge is 0.315 e. The van der Waals surface area contributed by atoms with Crippen molar-refractivity contribution in [2.45, 2.75) is 91.3 Å². The number of fused-ring (bicyclic) bond motifs is 2. The van der Waals surface area contributed by atoms with E-state index in [0.29, 0.717) is 24.7 Å². The second kappa shape index (κ2) is 9.16. The van der Waals surface area contributed by atoms with Crippen molar-refractivity contribution in [2.75, 3.05) is 13.7 Å². The van der Waals surface area contributed by atoms with E-state index < -0.39 is 46.7 Å². The van der Waals surface area contributed by atoms with Gasteiger partial charge in [0.25, 0.3) is 0 Å². The molecule has 37 heavy (non-hydrogen) atoms. The second-order valence-electron chi connectivity index (χ2n) is 12.7. The first-order valence-electron chi connectivity index (χ1n) is 13.9. The number of hydrogen-bond donors (Lipinski definition) is 1. The van der Waals surface area contributed by atoms with Crippen molar-refractivity contribution in [3.8, 4) is 0 Å². The third-order valence-corrected chi connectivity index (χ3v) is 10.9. The minimum absolute atomic E-state index is 0.0113. The van der Waals surface area contributed by atoms with E-state index in [-0.39, 0.29) is 30.5 Å². The number of aldehydes is 1. The lowest BCUT2D eigenvalue weighted by Gasteiger charge is -2.58. The van der Waals surface area contributed by atoms with Gasteiger partial charge >= 0.3 is 11.9 Å². The molecule has 7 unspecified atom stereocenters. The Balaban J connectivity index is 1.52. The van der Waals surface area contributed by atoms with Gasteiger partial charge in [-0.2, -0.15) is 0 Å². The third kappa shape index (κ3) is 3.40. The van der Waals surface area contributed by atoms with Crippen LogP contribution < -0.4 is 0 Å². The summed E-state index contributed by atoms with van der Waals surface area (Å²) in [6.45, 7) is 9.73. The summed E-state index contributed by atoms with van der Waals surface area (Å²) in [5, 5.41) is 11.1. The van der Waals surface area contributed by atoms with E-state index in [9.17, 15) is 19.5 Å². The minimum Gasteiger partial charge on any atom is -0.481 e. The Morgan fingerprint density at radius 1 is 1.24 bits per heavy atom. The van der Waals surface area contributed by atoms with Crippen molar-refractivity contribution < 1.29 is 38.4 Å². The van der Waals surface area contributed by atoms with E-state index in [1.165, 1.54) is 6.92 Å². The molecule has 0 aromatic carbocycles. The zero-order valence-corrected chi connectivity index (χ0v) is 22.9. The summed E-state index contributed by atoms with van der Waals surface area (Å²) in [7, 11) is 1.56. The second-order valence-corrected chi connectivity index (χ2v) is 12.7. The van der Waals surface area contributed by atoms with Crippen LogP contribution in [0.1, 0.15) is 66.7 Å². The molecule has 8 heteroatoms. The van der Waals surface area contributed by atoms with Gasteiger partial charge in [-0.1, -0.05) is 38.8 Å². The fourth-order valence-corrected chi connectivity index (χ4v) is 9.65. The van der Waals surface area contributed by atoms with E-state index in [4.69, 9.17) is 18.9 Å². The maximum absolute atomic E-state index is 13.5. The third-order valence-electron chi connectivity index (χ3n) is 10.9. The van der Waals surface area contributed by atoms with Crippen molar-refractivity contribution >= 4 is 18.2 Å². The van der Waals surface area contributed by atoms with Crippen LogP contribution in [0.25, 0.3) is 0 Å². The van der Waals surface area contributed by atoms with Gasteiger partial charge in [0.15, 0.2) is 6.29 Å². The Hall–Kier alpha value is -1.77. The highest BCUT2D eigenvalue weighted by Gasteiger charge is 2.84. The topological polar surface area (TPSA) is 108 Å². The first-order chi connectivity index (χ1) is 17.5. The number of methoxy groups -OCH3 is 1. The fourth-order valence-electron chi connectivity index (χ4n) is 9.65. The average molecular weight is 519 g/mol. The summed E-state index contributed by atoms with van der Waals surface area (Å²) in [4.78, 5) is 38.4. The van der Waals surface area contributed by atoms with Crippen molar-refractivity contribution in [1.82, 2.24) is 0 Å². The maximum Gasteiger partial charge on any atom is 0.315 e. The molecule has 8 nitrogen and oxygen atoms in total. The predicted octanol–water partition coefficient (Wildman–Crippen LogP) is 4.01. The number of carboxylic acids is 1. The van der Waals surface area contributed by atoms with E-state index in [0.717, 1.165) is 31.1 Å². The molecule has 1 heterocycles. The summed E-state index contributed by atoms with van der Waals surface area (Å²) >= 11 is 0.